The largest absolute Gasteiger partial charge is 0.510 e. The summed E-state index contributed by atoms with van der Waals surface area (Å²) in [6.07, 6.45) is -2.77. The van der Waals surface area contributed by atoms with Gasteiger partial charge in [-0.1, -0.05) is 18.2 Å². The molecule has 1 aromatic heterocycles. The number of ether oxygens (including phenoxy) is 5. The number of halogens is 2. The molecule has 15 heteroatoms. The number of fused-ring (bicyclic) bond motifs is 4. The van der Waals surface area contributed by atoms with E-state index in [-0.39, 0.29) is 47.8 Å². The normalized spacial score (nSPS) is 18.5. The number of benzene rings is 2. The Morgan fingerprint density at radius 2 is 1.91 bits per heavy atom. The lowest BCUT2D eigenvalue weighted by molar-refractivity contribution is -0.161. The van der Waals surface area contributed by atoms with E-state index in [4.69, 9.17) is 18.9 Å². The van der Waals surface area contributed by atoms with Gasteiger partial charge in [-0.25, -0.2) is 23.0 Å². The van der Waals surface area contributed by atoms with Gasteiger partial charge in [0.2, 0.25) is 18.0 Å². The molecule has 1 N–H and O–H groups in total. The number of amides is 1. The number of methoxy groups -OCH3 is 2. The first kappa shape index (κ1) is 29.4. The number of carbonyl (C=O) groups is 3. The fraction of sp³-hybridized carbons (Fsp3) is 0.310. The summed E-state index contributed by atoms with van der Waals surface area (Å²) in [6.45, 7) is -1.13. The fourth-order valence-corrected chi connectivity index (χ4v) is 6.53. The first-order valence-electron chi connectivity index (χ1n) is 13.3. The number of hydrogen-bond donors (Lipinski definition) is 1. The molecule has 2 aromatic carbocycles. The Morgan fingerprint density at radius 3 is 2.68 bits per heavy atom. The van der Waals surface area contributed by atoms with Crippen molar-refractivity contribution in [1.82, 2.24) is 9.58 Å². The topological polar surface area (TPSA) is 135 Å². The first-order chi connectivity index (χ1) is 21.2. The summed E-state index contributed by atoms with van der Waals surface area (Å²) in [6, 6.07) is 9.62. The second kappa shape index (κ2) is 11.8. The van der Waals surface area contributed by atoms with E-state index in [1.165, 1.54) is 28.4 Å². The van der Waals surface area contributed by atoms with Crippen molar-refractivity contribution in [2.75, 3.05) is 39.6 Å². The number of rotatable bonds is 5. The quantitative estimate of drug-likeness (QED) is 0.330. The zero-order chi connectivity index (χ0) is 31.1. The molecule has 0 saturated carbocycles. The summed E-state index contributed by atoms with van der Waals surface area (Å²) in [5, 5.41) is 0. The average Bonchev–Trinajstić information content (AvgIpc) is 3.23. The molecule has 0 radical (unpaired) electrons. The third-order valence-corrected chi connectivity index (χ3v) is 8.68. The van der Waals surface area contributed by atoms with Gasteiger partial charge in [0.05, 0.1) is 33.1 Å². The molecule has 1 unspecified atom stereocenters. The number of hydrogen-bond acceptors (Lipinski definition) is 11. The number of pyridine rings is 1. The number of thioether (sulfide) groups is 1. The molecule has 3 aliphatic rings. The van der Waals surface area contributed by atoms with Crippen LogP contribution in [0.5, 0.6) is 5.75 Å². The highest BCUT2D eigenvalue weighted by atomic mass is 32.2. The number of nitrogens with zero attached hydrogens (tertiary/aromatic N) is 2. The SMILES string of the molecule is COC(=O)OCOc1c2n(c(-c3cc(F)c(F)c4c3Cc3ccccc3SC4)cc1=O)N[C@@H]1COC(C(=O)OC)CN1C2=O. The van der Waals surface area contributed by atoms with Crippen LogP contribution >= 0.6 is 11.8 Å². The second-order valence-corrected chi connectivity index (χ2v) is 11.0. The molecule has 0 bridgehead atoms. The minimum atomic E-state index is -1.12. The smallest absolute Gasteiger partial charge is 0.467 e. The molecule has 3 aliphatic heterocycles. The van der Waals surface area contributed by atoms with E-state index in [0.717, 1.165) is 29.7 Å². The molecule has 1 fully saturated rings. The van der Waals surface area contributed by atoms with Gasteiger partial charge in [-0.15, -0.1) is 11.8 Å². The van der Waals surface area contributed by atoms with Crippen molar-refractivity contribution in [3.8, 4) is 17.0 Å². The van der Waals surface area contributed by atoms with Gasteiger partial charge in [-0.05, 0) is 29.7 Å². The van der Waals surface area contributed by atoms with Gasteiger partial charge in [0.25, 0.3) is 5.91 Å². The van der Waals surface area contributed by atoms with E-state index in [9.17, 15) is 19.2 Å². The first-order valence-corrected chi connectivity index (χ1v) is 14.3. The standard InChI is InChI=1S/C29H25F2N3O9S/c1-39-28(37)21-10-33-23(11-41-21)32-34-19(9-20(35)26(25(34)27(33)36)42-13-43-29(38)40-2)16-8-18(30)24(31)17-12-44-22-6-4-3-5-14(22)7-15(16)17/h3-6,8-9,21,23,32H,7,10-13H2,1-2H3/t21?,23-/m0/s1. The Hall–Kier alpha value is -4.63. The zero-order valence-electron chi connectivity index (χ0n) is 23.4. The molecule has 44 heavy (non-hydrogen) atoms. The van der Waals surface area contributed by atoms with Crippen molar-refractivity contribution in [3.63, 3.8) is 0 Å². The summed E-state index contributed by atoms with van der Waals surface area (Å²) in [5.74, 6) is -3.88. The third kappa shape index (κ3) is 5.11. The average molecular weight is 630 g/mol. The molecule has 1 saturated heterocycles. The lowest BCUT2D eigenvalue weighted by Gasteiger charge is -2.44. The Bertz CT molecular complexity index is 1750. The maximum atomic E-state index is 15.3. The van der Waals surface area contributed by atoms with Crippen molar-refractivity contribution in [2.24, 2.45) is 0 Å². The van der Waals surface area contributed by atoms with Gasteiger partial charge in [0.15, 0.2) is 23.4 Å². The minimum absolute atomic E-state index is 0.0638. The lowest BCUT2D eigenvalue weighted by atomic mass is 9.92. The lowest BCUT2D eigenvalue weighted by Crippen LogP contribution is -2.62. The van der Waals surface area contributed by atoms with E-state index in [1.807, 2.05) is 24.3 Å². The molecule has 0 aliphatic carbocycles. The van der Waals surface area contributed by atoms with Crippen LogP contribution in [0, 0.1) is 11.6 Å². The maximum absolute atomic E-state index is 15.3. The molecule has 3 aromatic rings. The minimum Gasteiger partial charge on any atom is -0.467 e. The number of morpholine rings is 1. The summed E-state index contributed by atoms with van der Waals surface area (Å²) >= 11 is 1.37. The number of nitrogens with one attached hydrogen (secondary N) is 1. The molecule has 2 atom stereocenters. The molecule has 0 spiro atoms. The Kier molecular flexibility index (Phi) is 7.90. The maximum Gasteiger partial charge on any atom is 0.510 e. The van der Waals surface area contributed by atoms with Crippen molar-refractivity contribution >= 4 is 29.8 Å². The van der Waals surface area contributed by atoms with Gasteiger partial charge in [-0.2, -0.15) is 0 Å². The van der Waals surface area contributed by atoms with Crippen molar-refractivity contribution < 1.29 is 46.8 Å². The monoisotopic (exact) mass is 629 g/mol. The molecule has 6 rings (SSSR count). The Labute approximate surface area is 252 Å². The molecule has 230 valence electrons. The molecular formula is C29H25F2N3O9S. The highest BCUT2D eigenvalue weighted by Crippen LogP contribution is 2.41. The summed E-state index contributed by atoms with van der Waals surface area (Å²) in [4.78, 5) is 53.4. The van der Waals surface area contributed by atoms with E-state index < -0.39 is 59.9 Å². The van der Waals surface area contributed by atoms with Crippen molar-refractivity contribution in [3.05, 3.63) is 80.6 Å². The van der Waals surface area contributed by atoms with Crippen LogP contribution in [0.25, 0.3) is 11.3 Å². The predicted octanol–water partition coefficient (Wildman–Crippen LogP) is 3.01. The van der Waals surface area contributed by atoms with E-state index in [0.29, 0.717) is 5.56 Å². The van der Waals surface area contributed by atoms with Gasteiger partial charge >= 0.3 is 12.1 Å². The van der Waals surface area contributed by atoms with Crippen LogP contribution in [-0.2, 0) is 35.9 Å². The van der Waals surface area contributed by atoms with Crippen LogP contribution in [-0.4, -0.2) is 74.0 Å². The van der Waals surface area contributed by atoms with Crippen molar-refractivity contribution in [1.29, 1.82) is 0 Å². The van der Waals surface area contributed by atoms with Crippen molar-refractivity contribution in [2.45, 2.75) is 29.3 Å². The van der Waals surface area contributed by atoms with E-state index in [1.54, 1.807) is 0 Å². The zero-order valence-corrected chi connectivity index (χ0v) is 24.2. The van der Waals surface area contributed by atoms with Gasteiger partial charge in [0.1, 0.15) is 6.17 Å². The highest BCUT2D eigenvalue weighted by Gasteiger charge is 2.43. The second-order valence-electron chi connectivity index (χ2n) is 9.97. The van der Waals surface area contributed by atoms with Crippen LogP contribution in [0.1, 0.15) is 27.2 Å². The van der Waals surface area contributed by atoms with Gasteiger partial charge in [-0.3, -0.25) is 9.59 Å². The summed E-state index contributed by atoms with van der Waals surface area (Å²) < 4.78 is 56.7. The number of esters is 1. The third-order valence-electron chi connectivity index (χ3n) is 7.54. The number of carbonyl (C=O) groups excluding carboxylic acids is 3. The van der Waals surface area contributed by atoms with E-state index >= 15 is 8.78 Å². The molecule has 12 nitrogen and oxygen atoms in total. The van der Waals surface area contributed by atoms with Gasteiger partial charge < -0.3 is 34.0 Å². The van der Waals surface area contributed by atoms with Crippen LogP contribution < -0.4 is 15.6 Å². The van der Waals surface area contributed by atoms with Crippen LogP contribution in [0.3, 0.4) is 0 Å². The highest BCUT2D eigenvalue weighted by molar-refractivity contribution is 7.98. The molecular weight excluding hydrogens is 604 g/mol. The van der Waals surface area contributed by atoms with Crippen LogP contribution in [0.4, 0.5) is 13.6 Å². The summed E-state index contributed by atoms with van der Waals surface area (Å²) in [7, 11) is 2.27. The fourth-order valence-electron chi connectivity index (χ4n) is 5.43. The number of aromatic nitrogens is 1. The Balaban J connectivity index is 1.52. The molecule has 4 heterocycles. The van der Waals surface area contributed by atoms with Gasteiger partial charge in [0, 0.05) is 27.8 Å². The molecule has 1 amide bonds. The summed E-state index contributed by atoms with van der Waals surface area (Å²) in [5.41, 5.74) is 3.70. The van der Waals surface area contributed by atoms with E-state index in [2.05, 4.69) is 10.2 Å². The van der Waals surface area contributed by atoms with Crippen LogP contribution in [0.15, 0.2) is 46.1 Å². The van der Waals surface area contributed by atoms with Crippen LogP contribution in [0.2, 0.25) is 0 Å². The Morgan fingerprint density at radius 1 is 1.11 bits per heavy atom. The predicted molar refractivity (Wildman–Crippen MR) is 150 cm³/mol.